The Hall–Kier alpha value is -0.935. The van der Waals surface area contributed by atoms with Gasteiger partial charge in [-0.1, -0.05) is 20.8 Å². The van der Waals surface area contributed by atoms with Gasteiger partial charge in [-0.3, -0.25) is 0 Å². The van der Waals surface area contributed by atoms with Gasteiger partial charge in [-0.25, -0.2) is 9.97 Å². The van der Waals surface area contributed by atoms with Gasteiger partial charge in [0.05, 0.1) is 0 Å². The van der Waals surface area contributed by atoms with Gasteiger partial charge in [-0.2, -0.15) is 0 Å². The molecule has 0 aliphatic heterocycles. The predicted molar refractivity (Wildman–Crippen MR) is 50.6 cm³/mol. The zero-order chi connectivity index (χ0) is 10.1. The Labute approximate surface area is 77.8 Å². The van der Waals surface area contributed by atoms with E-state index in [0.717, 1.165) is 0 Å². The summed E-state index contributed by atoms with van der Waals surface area (Å²) in [6.07, 6.45) is 2.84. The van der Waals surface area contributed by atoms with E-state index in [2.05, 4.69) is 9.97 Å². The van der Waals surface area contributed by atoms with Crippen LogP contribution in [0.5, 0.6) is 0 Å². The zero-order valence-electron chi connectivity index (χ0n) is 8.02. The molecule has 1 aromatic rings. The van der Waals surface area contributed by atoms with E-state index in [1.807, 2.05) is 20.8 Å². The van der Waals surface area contributed by atoms with E-state index in [1.165, 1.54) is 12.5 Å². The van der Waals surface area contributed by atoms with Crippen molar-refractivity contribution < 1.29 is 10.0 Å². The number of aromatic nitrogens is 2. The van der Waals surface area contributed by atoms with Crippen LogP contribution in [0, 0.1) is 0 Å². The molecule has 1 aromatic heterocycles. The fourth-order valence-electron chi connectivity index (χ4n) is 1.16. The lowest BCUT2D eigenvalue weighted by Crippen LogP contribution is -2.38. The maximum atomic E-state index is 9.04. The van der Waals surface area contributed by atoms with Crippen LogP contribution in [0.1, 0.15) is 26.5 Å². The Bertz CT molecular complexity index is 296. The van der Waals surface area contributed by atoms with Crippen molar-refractivity contribution in [2.45, 2.75) is 26.2 Å². The summed E-state index contributed by atoms with van der Waals surface area (Å²) < 4.78 is 0. The maximum absolute atomic E-state index is 9.04. The molecule has 0 saturated heterocycles. The van der Waals surface area contributed by atoms with E-state index in [-0.39, 0.29) is 5.41 Å². The third kappa shape index (κ3) is 2.26. The third-order valence-electron chi connectivity index (χ3n) is 1.73. The second-order valence-corrected chi connectivity index (χ2v) is 3.95. The molecule has 1 rings (SSSR count). The van der Waals surface area contributed by atoms with Gasteiger partial charge < -0.3 is 10.0 Å². The number of nitrogens with zero attached hydrogens (tertiary/aromatic N) is 2. The Balaban J connectivity index is 3.20. The minimum absolute atomic E-state index is 0.206. The van der Waals surface area contributed by atoms with Gasteiger partial charge in [-0.05, 0) is 0 Å². The number of hydrogen-bond acceptors (Lipinski definition) is 4. The molecule has 0 bridgehead atoms. The van der Waals surface area contributed by atoms with Crippen molar-refractivity contribution in [1.82, 2.24) is 9.97 Å². The van der Waals surface area contributed by atoms with E-state index in [9.17, 15) is 0 Å². The van der Waals surface area contributed by atoms with E-state index in [4.69, 9.17) is 10.0 Å². The summed E-state index contributed by atoms with van der Waals surface area (Å²) in [5, 5.41) is 18.1. The third-order valence-corrected chi connectivity index (χ3v) is 1.73. The highest BCUT2D eigenvalue weighted by Gasteiger charge is 2.25. The summed E-state index contributed by atoms with van der Waals surface area (Å²) in [5.41, 5.74) is 0.828. The quantitative estimate of drug-likeness (QED) is 0.569. The smallest absolute Gasteiger partial charge is 0.423 e. The maximum Gasteiger partial charge on any atom is 0.491 e. The van der Waals surface area contributed by atoms with Gasteiger partial charge in [0.2, 0.25) is 0 Å². The van der Waals surface area contributed by atoms with Gasteiger partial charge in [0.15, 0.2) is 0 Å². The summed E-state index contributed by atoms with van der Waals surface area (Å²) in [7, 11) is -1.50. The van der Waals surface area contributed by atoms with Gasteiger partial charge in [0, 0.05) is 22.8 Å². The standard InChI is InChI=1S/C8H13BN2O2/c1-8(2,3)7-6(9(12)13)4-10-5-11-7/h4-5,12-13H,1-3H3. The minimum Gasteiger partial charge on any atom is -0.423 e. The minimum atomic E-state index is -1.50. The van der Waals surface area contributed by atoms with Crippen LogP contribution >= 0.6 is 0 Å². The molecule has 0 aromatic carbocycles. The lowest BCUT2D eigenvalue weighted by molar-refractivity contribution is 0.423. The average Bonchev–Trinajstić information content (AvgIpc) is 2.03. The van der Waals surface area contributed by atoms with Crippen LogP contribution in [0.25, 0.3) is 0 Å². The molecular formula is C8H13BN2O2. The van der Waals surface area contributed by atoms with Gasteiger partial charge in [0.25, 0.3) is 0 Å². The van der Waals surface area contributed by atoms with Crippen molar-refractivity contribution in [1.29, 1.82) is 0 Å². The molecule has 2 N–H and O–H groups in total. The van der Waals surface area contributed by atoms with Gasteiger partial charge in [-0.15, -0.1) is 0 Å². The van der Waals surface area contributed by atoms with Crippen LogP contribution in [0.4, 0.5) is 0 Å². The summed E-state index contributed by atoms with van der Waals surface area (Å²) >= 11 is 0. The van der Waals surface area contributed by atoms with Crippen molar-refractivity contribution in [2.75, 3.05) is 0 Å². The van der Waals surface area contributed by atoms with Crippen molar-refractivity contribution in [3.8, 4) is 0 Å². The monoisotopic (exact) mass is 180 g/mol. The second kappa shape index (κ2) is 3.43. The van der Waals surface area contributed by atoms with E-state index < -0.39 is 7.12 Å². The average molecular weight is 180 g/mol. The molecule has 0 amide bonds. The summed E-state index contributed by atoms with van der Waals surface area (Å²) in [4.78, 5) is 7.79. The van der Waals surface area contributed by atoms with Crippen LogP contribution in [0.2, 0.25) is 0 Å². The Morgan fingerprint density at radius 2 is 1.92 bits per heavy atom. The molecule has 13 heavy (non-hydrogen) atoms. The van der Waals surface area contributed by atoms with Gasteiger partial charge >= 0.3 is 7.12 Å². The first kappa shape index (κ1) is 10.1. The fraction of sp³-hybridized carbons (Fsp3) is 0.500. The van der Waals surface area contributed by atoms with Crippen LogP contribution in [-0.4, -0.2) is 27.1 Å². The molecule has 0 saturated carbocycles. The number of rotatable bonds is 1. The van der Waals surface area contributed by atoms with Crippen molar-refractivity contribution in [3.05, 3.63) is 18.2 Å². The molecule has 5 heteroatoms. The van der Waals surface area contributed by atoms with E-state index in [1.54, 1.807) is 0 Å². The molecule has 0 aliphatic carbocycles. The zero-order valence-corrected chi connectivity index (χ0v) is 8.02. The fourth-order valence-corrected chi connectivity index (χ4v) is 1.16. The summed E-state index contributed by atoms with van der Waals surface area (Å²) in [6.45, 7) is 5.88. The second-order valence-electron chi connectivity index (χ2n) is 3.95. The summed E-state index contributed by atoms with van der Waals surface area (Å²) in [6, 6.07) is 0. The first-order valence-corrected chi connectivity index (χ1v) is 4.09. The highest BCUT2D eigenvalue weighted by Crippen LogP contribution is 2.17. The highest BCUT2D eigenvalue weighted by atomic mass is 16.4. The SMILES string of the molecule is CC(C)(C)c1ncncc1B(O)O. The lowest BCUT2D eigenvalue weighted by Gasteiger charge is -2.20. The first-order valence-electron chi connectivity index (χ1n) is 4.09. The van der Waals surface area contributed by atoms with Crippen molar-refractivity contribution in [3.63, 3.8) is 0 Å². The predicted octanol–water partition coefficient (Wildman–Crippen LogP) is -0.546. The van der Waals surface area contributed by atoms with Gasteiger partial charge in [0.1, 0.15) is 6.33 Å². The Morgan fingerprint density at radius 3 is 2.31 bits per heavy atom. The van der Waals surface area contributed by atoms with Crippen molar-refractivity contribution >= 4 is 12.6 Å². The Kier molecular flexibility index (Phi) is 2.68. The molecule has 0 fully saturated rings. The van der Waals surface area contributed by atoms with Crippen LogP contribution in [-0.2, 0) is 5.41 Å². The largest absolute Gasteiger partial charge is 0.491 e. The van der Waals surface area contributed by atoms with Crippen molar-refractivity contribution in [2.24, 2.45) is 0 Å². The first-order chi connectivity index (χ1) is 5.93. The molecule has 0 atom stereocenters. The topological polar surface area (TPSA) is 66.2 Å². The highest BCUT2D eigenvalue weighted by molar-refractivity contribution is 6.59. The molecule has 0 aliphatic rings. The molecule has 0 radical (unpaired) electrons. The summed E-state index contributed by atoms with van der Waals surface area (Å²) in [5.74, 6) is 0. The van der Waals surface area contributed by atoms with Crippen LogP contribution in [0.3, 0.4) is 0 Å². The Morgan fingerprint density at radius 1 is 1.31 bits per heavy atom. The number of hydrogen-bond donors (Lipinski definition) is 2. The molecular weight excluding hydrogens is 167 g/mol. The van der Waals surface area contributed by atoms with E-state index >= 15 is 0 Å². The normalized spacial score (nSPS) is 11.5. The molecule has 4 nitrogen and oxygen atoms in total. The van der Waals surface area contributed by atoms with E-state index in [0.29, 0.717) is 11.2 Å². The van der Waals surface area contributed by atoms with Crippen LogP contribution in [0.15, 0.2) is 12.5 Å². The molecule has 0 unspecified atom stereocenters. The molecule has 1 heterocycles. The lowest BCUT2D eigenvalue weighted by atomic mass is 9.74. The molecule has 0 spiro atoms. The van der Waals surface area contributed by atoms with Crippen LogP contribution < -0.4 is 5.46 Å². The molecule has 70 valence electrons.